The van der Waals surface area contributed by atoms with Gasteiger partial charge in [0.2, 0.25) is 0 Å². The lowest BCUT2D eigenvalue weighted by atomic mass is 10.2. The maximum absolute atomic E-state index is 4.23. The molecule has 2 rings (SSSR count). The van der Waals surface area contributed by atoms with Crippen LogP contribution in [-0.4, -0.2) is 16.5 Å². The number of hydrogen-bond acceptors (Lipinski definition) is 4. The maximum Gasteiger partial charge on any atom is 0.192 e. The lowest BCUT2D eigenvalue weighted by Crippen LogP contribution is -2.12. The monoisotopic (exact) mass is 245 g/mol. The fourth-order valence-electron chi connectivity index (χ4n) is 1.45. The van der Waals surface area contributed by atoms with Gasteiger partial charge in [-0.3, -0.25) is 0 Å². The second-order valence-corrected chi connectivity index (χ2v) is 4.53. The van der Waals surface area contributed by atoms with E-state index >= 15 is 0 Å². The molecule has 0 bridgehead atoms. The van der Waals surface area contributed by atoms with Gasteiger partial charge in [0.05, 0.1) is 0 Å². The van der Waals surface area contributed by atoms with Crippen molar-refractivity contribution in [1.29, 1.82) is 0 Å². The summed E-state index contributed by atoms with van der Waals surface area (Å²) in [6, 6.07) is 10.2. The highest BCUT2D eigenvalue weighted by Gasteiger charge is 2.04. The van der Waals surface area contributed by atoms with Crippen LogP contribution in [0.4, 0.5) is 0 Å². The minimum Gasteiger partial charge on any atom is -0.313 e. The van der Waals surface area contributed by atoms with Crippen molar-refractivity contribution in [3.8, 4) is 0 Å². The van der Waals surface area contributed by atoms with E-state index in [9.17, 15) is 0 Å². The third-order valence-corrected chi connectivity index (χ3v) is 3.29. The van der Waals surface area contributed by atoms with Crippen LogP contribution in [0.15, 0.2) is 52.8 Å². The molecule has 1 aromatic heterocycles. The zero-order chi connectivity index (χ0) is 11.9. The largest absolute Gasteiger partial charge is 0.313 e. The second-order valence-electron chi connectivity index (χ2n) is 3.52. The zero-order valence-electron chi connectivity index (χ0n) is 9.76. The summed E-state index contributed by atoms with van der Waals surface area (Å²) in [4.78, 5) is 9.66. The average Bonchev–Trinajstić information content (AvgIpc) is 2.39. The highest BCUT2D eigenvalue weighted by Crippen LogP contribution is 2.27. The molecule has 0 aliphatic heterocycles. The van der Waals surface area contributed by atoms with Crippen LogP contribution in [0.2, 0.25) is 0 Å². The Bertz CT molecular complexity index is 459. The molecule has 2 aromatic rings. The molecule has 1 heterocycles. The molecule has 0 amide bonds. The Morgan fingerprint density at radius 2 is 1.88 bits per heavy atom. The minimum absolute atomic E-state index is 0.788. The molecule has 0 aliphatic rings. The Balaban J connectivity index is 2.15. The van der Waals surface area contributed by atoms with E-state index in [1.54, 1.807) is 24.2 Å². The van der Waals surface area contributed by atoms with Crippen LogP contribution in [0.1, 0.15) is 12.5 Å². The molecule has 3 nitrogen and oxygen atoms in total. The molecule has 0 saturated carbocycles. The predicted molar refractivity (Wildman–Crippen MR) is 70.0 cm³/mol. The third kappa shape index (κ3) is 3.54. The average molecular weight is 245 g/mol. The van der Waals surface area contributed by atoms with E-state index in [2.05, 4.69) is 40.4 Å². The van der Waals surface area contributed by atoms with Crippen molar-refractivity contribution in [1.82, 2.24) is 15.3 Å². The first-order valence-electron chi connectivity index (χ1n) is 5.63. The summed E-state index contributed by atoms with van der Waals surface area (Å²) in [6.45, 7) is 3.96. The summed E-state index contributed by atoms with van der Waals surface area (Å²) in [5, 5.41) is 4.12. The van der Waals surface area contributed by atoms with E-state index in [1.807, 2.05) is 12.1 Å². The highest BCUT2D eigenvalue weighted by molar-refractivity contribution is 7.99. The topological polar surface area (TPSA) is 37.8 Å². The van der Waals surface area contributed by atoms with Crippen LogP contribution in [0.5, 0.6) is 0 Å². The first kappa shape index (κ1) is 12.1. The molecule has 0 radical (unpaired) electrons. The number of aromatic nitrogens is 2. The maximum atomic E-state index is 4.23. The Kier molecular flexibility index (Phi) is 4.53. The lowest BCUT2D eigenvalue weighted by Gasteiger charge is -2.08. The summed E-state index contributed by atoms with van der Waals surface area (Å²) in [7, 11) is 0. The molecular weight excluding hydrogens is 230 g/mol. The summed E-state index contributed by atoms with van der Waals surface area (Å²) >= 11 is 1.60. The smallest absolute Gasteiger partial charge is 0.192 e. The van der Waals surface area contributed by atoms with Crippen molar-refractivity contribution in [3.05, 3.63) is 48.3 Å². The van der Waals surface area contributed by atoms with E-state index in [0.717, 1.165) is 18.2 Å². The van der Waals surface area contributed by atoms with E-state index in [1.165, 1.54) is 10.5 Å². The molecular formula is C13H15N3S. The van der Waals surface area contributed by atoms with Crippen LogP contribution in [-0.2, 0) is 6.54 Å². The van der Waals surface area contributed by atoms with Crippen molar-refractivity contribution in [2.75, 3.05) is 6.54 Å². The molecule has 0 fully saturated rings. The summed E-state index contributed by atoms with van der Waals surface area (Å²) in [5.74, 6) is 0. The number of nitrogens with zero attached hydrogens (tertiary/aromatic N) is 2. The third-order valence-electron chi connectivity index (χ3n) is 2.28. The SMILES string of the molecule is CCNCc1ccccc1Sc1ncccn1. The zero-order valence-corrected chi connectivity index (χ0v) is 10.6. The van der Waals surface area contributed by atoms with Gasteiger partial charge in [-0.2, -0.15) is 0 Å². The number of nitrogens with one attached hydrogen (secondary N) is 1. The van der Waals surface area contributed by atoms with E-state index in [-0.39, 0.29) is 0 Å². The summed E-state index contributed by atoms with van der Waals surface area (Å²) in [5.41, 5.74) is 1.28. The Morgan fingerprint density at radius 1 is 1.12 bits per heavy atom. The quantitative estimate of drug-likeness (QED) is 0.822. The van der Waals surface area contributed by atoms with Gasteiger partial charge in [0.15, 0.2) is 5.16 Å². The molecule has 0 atom stereocenters. The number of benzene rings is 1. The Hall–Kier alpha value is -1.39. The Labute approximate surface area is 106 Å². The van der Waals surface area contributed by atoms with Crippen molar-refractivity contribution in [3.63, 3.8) is 0 Å². The van der Waals surface area contributed by atoms with Crippen LogP contribution in [0.3, 0.4) is 0 Å². The molecule has 0 spiro atoms. The van der Waals surface area contributed by atoms with Gasteiger partial charge in [-0.1, -0.05) is 25.1 Å². The molecule has 0 saturated heterocycles. The second kappa shape index (κ2) is 6.37. The van der Waals surface area contributed by atoms with Crippen molar-refractivity contribution < 1.29 is 0 Å². The van der Waals surface area contributed by atoms with Crippen molar-refractivity contribution in [2.24, 2.45) is 0 Å². The van der Waals surface area contributed by atoms with E-state index in [0.29, 0.717) is 0 Å². The van der Waals surface area contributed by atoms with Gasteiger partial charge in [-0.15, -0.1) is 0 Å². The number of hydrogen-bond donors (Lipinski definition) is 1. The normalized spacial score (nSPS) is 10.4. The first-order valence-corrected chi connectivity index (χ1v) is 6.45. The van der Waals surface area contributed by atoms with Gasteiger partial charge in [-0.25, -0.2) is 9.97 Å². The molecule has 17 heavy (non-hydrogen) atoms. The molecule has 0 unspecified atom stereocenters. The molecule has 1 aromatic carbocycles. The first-order chi connectivity index (χ1) is 8.40. The van der Waals surface area contributed by atoms with Crippen LogP contribution in [0, 0.1) is 0 Å². The fraction of sp³-hybridized carbons (Fsp3) is 0.231. The Morgan fingerprint density at radius 3 is 2.65 bits per heavy atom. The highest BCUT2D eigenvalue weighted by atomic mass is 32.2. The molecule has 88 valence electrons. The van der Waals surface area contributed by atoms with Gasteiger partial charge >= 0.3 is 0 Å². The van der Waals surface area contributed by atoms with Gasteiger partial charge in [0.1, 0.15) is 0 Å². The standard InChI is InChI=1S/C13H15N3S/c1-2-14-10-11-6-3-4-7-12(11)17-13-15-8-5-9-16-13/h3-9,14H,2,10H2,1H3. The molecule has 4 heteroatoms. The molecule has 0 aliphatic carbocycles. The van der Waals surface area contributed by atoms with Crippen LogP contribution < -0.4 is 5.32 Å². The van der Waals surface area contributed by atoms with Crippen LogP contribution in [0.25, 0.3) is 0 Å². The predicted octanol–water partition coefficient (Wildman–Crippen LogP) is 2.74. The van der Waals surface area contributed by atoms with Gasteiger partial charge in [-0.05, 0) is 36.0 Å². The fourth-order valence-corrected chi connectivity index (χ4v) is 2.29. The van der Waals surface area contributed by atoms with Gasteiger partial charge in [0.25, 0.3) is 0 Å². The number of rotatable bonds is 5. The van der Waals surface area contributed by atoms with Gasteiger partial charge < -0.3 is 5.32 Å². The van der Waals surface area contributed by atoms with Gasteiger partial charge in [0, 0.05) is 23.8 Å². The molecule has 1 N–H and O–H groups in total. The summed E-state index contributed by atoms with van der Waals surface area (Å²) < 4.78 is 0. The summed E-state index contributed by atoms with van der Waals surface area (Å²) in [6.07, 6.45) is 3.53. The van der Waals surface area contributed by atoms with Crippen LogP contribution >= 0.6 is 11.8 Å². The minimum atomic E-state index is 0.788. The van der Waals surface area contributed by atoms with E-state index in [4.69, 9.17) is 0 Å². The van der Waals surface area contributed by atoms with Crippen molar-refractivity contribution >= 4 is 11.8 Å². The van der Waals surface area contributed by atoms with Crippen molar-refractivity contribution in [2.45, 2.75) is 23.5 Å². The lowest BCUT2D eigenvalue weighted by molar-refractivity contribution is 0.718. The van der Waals surface area contributed by atoms with E-state index < -0.39 is 0 Å².